The van der Waals surface area contributed by atoms with E-state index in [2.05, 4.69) is 28.1 Å². The number of hydrogen-bond acceptors (Lipinski definition) is 1. The zero-order valence-electron chi connectivity index (χ0n) is 11.5. The number of allylic oxidation sites excluding steroid dienone is 2. The molecule has 2 aliphatic carbocycles. The largest absolute Gasteiger partial charge is 0.417 e. The molecule has 1 saturated carbocycles. The third kappa shape index (κ3) is 1.96. The van der Waals surface area contributed by atoms with Gasteiger partial charge in [-0.25, -0.2) is 0 Å². The van der Waals surface area contributed by atoms with E-state index in [0.29, 0.717) is 18.2 Å². The molecule has 3 aliphatic rings. The monoisotopic (exact) mass is 371 g/mol. The Balaban J connectivity index is 1.68. The molecule has 2 bridgehead atoms. The molecule has 0 N–H and O–H groups in total. The Bertz CT molecular complexity index is 684. The van der Waals surface area contributed by atoms with Crippen molar-refractivity contribution >= 4 is 27.5 Å². The summed E-state index contributed by atoms with van der Waals surface area (Å²) in [5.74, 6) is 0.845. The number of alkyl halides is 3. The number of hydrogen-bond donors (Lipinski definition) is 0. The molecule has 6 heteroatoms. The fourth-order valence-corrected chi connectivity index (χ4v) is 4.62. The zero-order valence-corrected chi connectivity index (χ0v) is 13.1. The molecule has 2 nitrogen and oxygen atoms in total. The number of halogens is 4. The van der Waals surface area contributed by atoms with Gasteiger partial charge in [-0.2, -0.15) is 13.2 Å². The molecule has 0 aromatic heterocycles. The van der Waals surface area contributed by atoms with Crippen LogP contribution in [0.5, 0.6) is 0 Å². The summed E-state index contributed by atoms with van der Waals surface area (Å²) in [5, 5.41) is 0. The Morgan fingerprint density at radius 1 is 1.18 bits per heavy atom. The molecule has 116 valence electrons. The van der Waals surface area contributed by atoms with Crippen LogP contribution in [0.2, 0.25) is 0 Å². The number of fused-ring (bicyclic) bond motifs is 5. The van der Waals surface area contributed by atoms with Gasteiger partial charge < -0.3 is 4.90 Å². The van der Waals surface area contributed by atoms with Gasteiger partial charge in [0.25, 0.3) is 0 Å². The summed E-state index contributed by atoms with van der Waals surface area (Å²) in [5.41, 5.74) is -0.398. The lowest BCUT2D eigenvalue weighted by atomic mass is 9.86. The van der Waals surface area contributed by atoms with Crippen LogP contribution < -0.4 is 4.90 Å². The van der Waals surface area contributed by atoms with Gasteiger partial charge >= 0.3 is 6.18 Å². The molecule has 0 radical (unpaired) electrons. The Kier molecular flexibility index (Phi) is 2.99. The normalized spacial score (nSPS) is 32.9. The number of benzene rings is 1. The SMILES string of the molecule is O=C1[C@H]2[C@@H](CN1c1ccc(Br)c(C(F)(F)F)c1)[C@H]1C=C[C@@H]2C1. The van der Waals surface area contributed by atoms with Crippen molar-refractivity contribution in [2.24, 2.45) is 23.7 Å². The molecule has 1 aromatic carbocycles. The highest BCUT2D eigenvalue weighted by atomic mass is 79.9. The molecule has 0 unspecified atom stereocenters. The van der Waals surface area contributed by atoms with Crippen molar-refractivity contribution in [1.29, 1.82) is 0 Å². The lowest BCUT2D eigenvalue weighted by molar-refractivity contribution is -0.138. The van der Waals surface area contributed by atoms with Gasteiger partial charge in [0.05, 0.1) is 5.56 Å². The fourth-order valence-electron chi connectivity index (χ4n) is 4.15. The van der Waals surface area contributed by atoms with Crippen molar-refractivity contribution in [3.8, 4) is 0 Å². The summed E-state index contributed by atoms with van der Waals surface area (Å²) in [6.45, 7) is 0.522. The Morgan fingerprint density at radius 2 is 1.91 bits per heavy atom. The minimum absolute atomic E-state index is 0.00248. The number of carbonyl (C=O) groups is 1. The molecule has 1 heterocycles. The summed E-state index contributed by atoms with van der Waals surface area (Å²) in [6, 6.07) is 4.01. The minimum Gasteiger partial charge on any atom is -0.312 e. The maximum Gasteiger partial charge on any atom is 0.417 e. The van der Waals surface area contributed by atoms with E-state index in [0.717, 1.165) is 12.5 Å². The molecule has 1 aromatic rings. The first kappa shape index (κ1) is 14.3. The fraction of sp³-hybridized carbons (Fsp3) is 0.438. The van der Waals surface area contributed by atoms with Crippen LogP contribution in [-0.4, -0.2) is 12.5 Å². The van der Waals surface area contributed by atoms with E-state index in [1.165, 1.54) is 11.0 Å². The van der Waals surface area contributed by atoms with Gasteiger partial charge in [0.15, 0.2) is 0 Å². The molecule has 22 heavy (non-hydrogen) atoms. The van der Waals surface area contributed by atoms with E-state index in [1.54, 1.807) is 6.07 Å². The topological polar surface area (TPSA) is 20.3 Å². The quantitative estimate of drug-likeness (QED) is 0.675. The molecule has 1 aliphatic heterocycles. The lowest BCUT2D eigenvalue weighted by Gasteiger charge is -2.21. The Labute approximate surface area is 134 Å². The molecular formula is C16H13BrF3NO. The van der Waals surface area contributed by atoms with Gasteiger partial charge in [-0.05, 0) is 42.4 Å². The standard InChI is InChI=1S/C16H13BrF3NO/c17-13-4-3-10(6-12(13)16(18,19)20)21-7-11-8-1-2-9(5-8)14(11)15(21)22/h1-4,6,8-9,11,14H,5,7H2/t8-,9+,11-,14+/m0/s1. The minimum atomic E-state index is -4.44. The summed E-state index contributed by atoms with van der Waals surface area (Å²) in [7, 11) is 0. The Hall–Kier alpha value is -1.30. The average Bonchev–Trinajstić information content (AvgIpc) is 3.11. The van der Waals surface area contributed by atoms with Crippen molar-refractivity contribution in [1.82, 2.24) is 0 Å². The lowest BCUT2D eigenvalue weighted by Crippen LogP contribution is -2.29. The van der Waals surface area contributed by atoms with Crippen LogP contribution >= 0.6 is 15.9 Å². The van der Waals surface area contributed by atoms with Crippen molar-refractivity contribution in [3.05, 3.63) is 40.4 Å². The van der Waals surface area contributed by atoms with Gasteiger partial charge in [-0.3, -0.25) is 4.79 Å². The first-order valence-corrected chi connectivity index (χ1v) is 8.02. The van der Waals surface area contributed by atoms with Crippen LogP contribution in [-0.2, 0) is 11.0 Å². The third-order valence-corrected chi connectivity index (χ3v) is 5.83. The predicted molar refractivity (Wildman–Crippen MR) is 79.2 cm³/mol. The first-order valence-electron chi connectivity index (χ1n) is 7.22. The van der Waals surface area contributed by atoms with Crippen molar-refractivity contribution in [3.63, 3.8) is 0 Å². The summed E-state index contributed by atoms with van der Waals surface area (Å²) in [6.07, 6.45) is 0.832. The van der Waals surface area contributed by atoms with Crippen molar-refractivity contribution in [2.45, 2.75) is 12.6 Å². The smallest absolute Gasteiger partial charge is 0.312 e. The van der Waals surface area contributed by atoms with Crippen LogP contribution in [0.1, 0.15) is 12.0 Å². The highest BCUT2D eigenvalue weighted by molar-refractivity contribution is 9.10. The molecule has 4 rings (SSSR count). The van der Waals surface area contributed by atoms with E-state index in [4.69, 9.17) is 0 Å². The number of amides is 1. The predicted octanol–water partition coefficient (Wildman–Crippen LogP) is 4.25. The second-order valence-electron chi connectivity index (χ2n) is 6.25. The molecule has 2 fully saturated rings. The van der Waals surface area contributed by atoms with Gasteiger partial charge in [0.2, 0.25) is 5.91 Å². The van der Waals surface area contributed by atoms with Gasteiger partial charge in [-0.15, -0.1) is 0 Å². The molecule has 1 amide bonds. The van der Waals surface area contributed by atoms with Gasteiger partial charge in [0, 0.05) is 22.6 Å². The van der Waals surface area contributed by atoms with Crippen LogP contribution in [0.4, 0.5) is 18.9 Å². The van der Waals surface area contributed by atoms with E-state index in [-0.39, 0.29) is 28.1 Å². The highest BCUT2D eigenvalue weighted by Gasteiger charge is 2.54. The van der Waals surface area contributed by atoms with Crippen LogP contribution in [0.15, 0.2) is 34.8 Å². The summed E-state index contributed by atoms with van der Waals surface area (Å²) >= 11 is 2.93. The number of rotatable bonds is 1. The number of carbonyl (C=O) groups excluding carboxylic acids is 1. The number of anilines is 1. The van der Waals surface area contributed by atoms with E-state index in [9.17, 15) is 18.0 Å². The maximum absolute atomic E-state index is 13.0. The Morgan fingerprint density at radius 3 is 2.59 bits per heavy atom. The molecule has 4 atom stereocenters. The molecule has 0 spiro atoms. The van der Waals surface area contributed by atoms with E-state index < -0.39 is 11.7 Å². The van der Waals surface area contributed by atoms with Crippen LogP contribution in [0, 0.1) is 23.7 Å². The first-order chi connectivity index (χ1) is 10.4. The zero-order chi connectivity index (χ0) is 15.6. The second-order valence-corrected chi connectivity index (χ2v) is 7.10. The molecular weight excluding hydrogens is 359 g/mol. The second kappa shape index (κ2) is 4.60. The van der Waals surface area contributed by atoms with E-state index >= 15 is 0 Å². The van der Waals surface area contributed by atoms with Crippen molar-refractivity contribution in [2.75, 3.05) is 11.4 Å². The average molecular weight is 372 g/mol. The third-order valence-electron chi connectivity index (χ3n) is 5.13. The van der Waals surface area contributed by atoms with Crippen LogP contribution in [0.3, 0.4) is 0 Å². The maximum atomic E-state index is 13.0. The number of nitrogens with zero attached hydrogens (tertiary/aromatic N) is 1. The highest BCUT2D eigenvalue weighted by Crippen LogP contribution is 2.52. The van der Waals surface area contributed by atoms with Gasteiger partial charge in [0.1, 0.15) is 0 Å². The van der Waals surface area contributed by atoms with Crippen molar-refractivity contribution < 1.29 is 18.0 Å². The van der Waals surface area contributed by atoms with Crippen LogP contribution in [0.25, 0.3) is 0 Å². The molecule has 1 saturated heterocycles. The van der Waals surface area contributed by atoms with Gasteiger partial charge in [-0.1, -0.05) is 28.1 Å². The van der Waals surface area contributed by atoms with E-state index in [1.807, 2.05) is 0 Å². The summed E-state index contributed by atoms with van der Waals surface area (Å²) in [4.78, 5) is 14.2. The summed E-state index contributed by atoms with van der Waals surface area (Å²) < 4.78 is 39.1.